The van der Waals surface area contributed by atoms with Crippen molar-refractivity contribution < 1.29 is 0 Å². The van der Waals surface area contributed by atoms with Crippen LogP contribution in [0, 0.1) is 0 Å². The van der Waals surface area contributed by atoms with Crippen LogP contribution in [-0.2, 0) is 20.1 Å². The predicted molar refractivity (Wildman–Crippen MR) is 92.0 cm³/mol. The third kappa shape index (κ3) is 2.59. The van der Waals surface area contributed by atoms with Gasteiger partial charge in [-0.25, -0.2) is 9.97 Å². The van der Waals surface area contributed by atoms with Gasteiger partial charge in [0.2, 0.25) is 0 Å². The molecule has 0 fully saturated rings. The molecule has 0 aliphatic rings. The van der Waals surface area contributed by atoms with E-state index in [4.69, 9.17) is 4.98 Å². The van der Waals surface area contributed by atoms with E-state index in [2.05, 4.69) is 51.7 Å². The van der Waals surface area contributed by atoms with E-state index in [-0.39, 0.29) is 0 Å². The quantitative estimate of drug-likeness (QED) is 0.630. The molecule has 0 saturated carbocycles. The van der Waals surface area contributed by atoms with Gasteiger partial charge in [-0.05, 0) is 31.3 Å². The highest BCUT2D eigenvalue weighted by Crippen LogP contribution is 2.16. The fraction of sp³-hybridized carbons (Fsp3) is 0.222. The number of benzene rings is 2. The van der Waals surface area contributed by atoms with Gasteiger partial charge in [0, 0.05) is 7.05 Å². The van der Waals surface area contributed by atoms with Gasteiger partial charge in [0.25, 0.3) is 0 Å². The lowest BCUT2D eigenvalue weighted by molar-refractivity contribution is 0.301. The minimum atomic E-state index is 0.762. The lowest BCUT2D eigenvalue weighted by Crippen LogP contribution is -2.20. The Morgan fingerprint density at radius 1 is 0.957 bits per heavy atom. The number of fused-ring (bicyclic) bond motifs is 2. The number of H-pyrrole nitrogens is 1. The molecule has 1 N–H and O–H groups in total. The minimum Gasteiger partial charge on any atom is -0.341 e. The third-order valence-corrected chi connectivity index (χ3v) is 4.15. The van der Waals surface area contributed by atoms with E-state index < -0.39 is 0 Å². The van der Waals surface area contributed by atoms with E-state index in [0.717, 1.165) is 41.3 Å². The van der Waals surface area contributed by atoms with Crippen molar-refractivity contribution in [1.82, 2.24) is 24.4 Å². The summed E-state index contributed by atoms with van der Waals surface area (Å²) in [4.78, 5) is 15.0. The Balaban J connectivity index is 1.54. The number of hydrogen-bond donors (Lipinski definition) is 1. The van der Waals surface area contributed by atoms with Crippen molar-refractivity contribution in [3.8, 4) is 0 Å². The summed E-state index contributed by atoms with van der Waals surface area (Å²) in [6.45, 7) is 1.54. The zero-order valence-electron chi connectivity index (χ0n) is 13.3. The van der Waals surface area contributed by atoms with Crippen molar-refractivity contribution in [3.05, 3.63) is 60.2 Å². The first kappa shape index (κ1) is 14.0. The number of hydrogen-bond acceptors (Lipinski definition) is 3. The second-order valence-corrected chi connectivity index (χ2v) is 5.95. The molecule has 0 atom stereocenters. The molecule has 2 aromatic heterocycles. The van der Waals surface area contributed by atoms with Crippen LogP contribution in [0.1, 0.15) is 11.6 Å². The van der Waals surface area contributed by atoms with Gasteiger partial charge >= 0.3 is 0 Å². The van der Waals surface area contributed by atoms with Crippen LogP contribution in [0.25, 0.3) is 22.1 Å². The van der Waals surface area contributed by atoms with Gasteiger partial charge in [0.1, 0.15) is 11.6 Å². The zero-order chi connectivity index (χ0) is 15.8. The molecule has 0 saturated heterocycles. The van der Waals surface area contributed by atoms with Crippen LogP contribution in [0.3, 0.4) is 0 Å². The van der Waals surface area contributed by atoms with Crippen molar-refractivity contribution in [3.63, 3.8) is 0 Å². The van der Waals surface area contributed by atoms with Gasteiger partial charge in [0.15, 0.2) is 0 Å². The molecule has 23 heavy (non-hydrogen) atoms. The van der Waals surface area contributed by atoms with E-state index in [9.17, 15) is 0 Å². The third-order valence-electron chi connectivity index (χ3n) is 4.15. The fourth-order valence-corrected chi connectivity index (χ4v) is 2.97. The molecule has 0 radical (unpaired) electrons. The van der Waals surface area contributed by atoms with Gasteiger partial charge in [-0.2, -0.15) is 0 Å². The Labute approximate surface area is 134 Å². The summed E-state index contributed by atoms with van der Waals surface area (Å²) < 4.78 is 2.16. The summed E-state index contributed by atoms with van der Waals surface area (Å²) in [5.41, 5.74) is 4.30. The van der Waals surface area contributed by atoms with E-state index in [1.54, 1.807) is 0 Å². The summed E-state index contributed by atoms with van der Waals surface area (Å²) in [5, 5.41) is 0. The highest BCUT2D eigenvalue weighted by molar-refractivity contribution is 5.76. The van der Waals surface area contributed by atoms with Crippen molar-refractivity contribution >= 4 is 22.1 Å². The first-order valence-corrected chi connectivity index (χ1v) is 7.73. The smallest absolute Gasteiger partial charge is 0.123 e. The Morgan fingerprint density at radius 3 is 2.48 bits per heavy atom. The maximum atomic E-state index is 4.73. The molecule has 0 aliphatic carbocycles. The summed E-state index contributed by atoms with van der Waals surface area (Å²) in [6.07, 6.45) is 0. The highest BCUT2D eigenvalue weighted by atomic mass is 15.2. The van der Waals surface area contributed by atoms with Gasteiger partial charge in [-0.1, -0.05) is 24.3 Å². The standard InChI is InChI=1S/C18H19N5/c1-22(11-17-19-13-7-3-4-8-14(13)20-17)12-18-21-15-9-5-6-10-16(15)23(18)2/h3-10H,11-12H2,1-2H3,(H,19,20). The second-order valence-electron chi connectivity index (χ2n) is 5.95. The normalized spacial score (nSPS) is 11.8. The Hall–Kier alpha value is -2.66. The molecular weight excluding hydrogens is 286 g/mol. The molecular formula is C18H19N5. The highest BCUT2D eigenvalue weighted by Gasteiger charge is 2.11. The first-order chi connectivity index (χ1) is 11.2. The van der Waals surface area contributed by atoms with E-state index >= 15 is 0 Å². The molecule has 116 valence electrons. The zero-order valence-corrected chi connectivity index (χ0v) is 13.3. The first-order valence-electron chi connectivity index (χ1n) is 7.73. The van der Waals surface area contributed by atoms with E-state index in [1.165, 1.54) is 5.52 Å². The van der Waals surface area contributed by atoms with Gasteiger partial charge in [-0.3, -0.25) is 4.90 Å². The topological polar surface area (TPSA) is 49.7 Å². The summed E-state index contributed by atoms with van der Waals surface area (Å²) in [6, 6.07) is 16.3. The van der Waals surface area contributed by atoms with Gasteiger partial charge < -0.3 is 9.55 Å². The van der Waals surface area contributed by atoms with Crippen LogP contribution in [-0.4, -0.2) is 31.5 Å². The Bertz CT molecular complexity index is 933. The van der Waals surface area contributed by atoms with Gasteiger partial charge in [-0.15, -0.1) is 0 Å². The molecule has 2 aromatic carbocycles. The number of rotatable bonds is 4. The average Bonchev–Trinajstić information content (AvgIpc) is 3.09. The molecule has 2 heterocycles. The van der Waals surface area contributed by atoms with Crippen molar-refractivity contribution in [2.75, 3.05) is 7.05 Å². The van der Waals surface area contributed by atoms with E-state index in [1.807, 2.05) is 30.3 Å². The monoisotopic (exact) mass is 305 g/mol. The molecule has 4 aromatic rings. The van der Waals surface area contributed by atoms with Crippen LogP contribution >= 0.6 is 0 Å². The molecule has 5 heteroatoms. The molecule has 0 unspecified atom stereocenters. The SMILES string of the molecule is CN(Cc1nc2ccccc2[nH]1)Cc1nc2ccccc2n1C. The van der Waals surface area contributed by atoms with Gasteiger partial charge in [0.05, 0.1) is 35.2 Å². The molecule has 0 amide bonds. The molecule has 0 spiro atoms. The Morgan fingerprint density at radius 2 is 1.70 bits per heavy atom. The maximum absolute atomic E-state index is 4.73. The van der Waals surface area contributed by atoms with Crippen molar-refractivity contribution in [2.45, 2.75) is 13.1 Å². The number of aromatic nitrogens is 4. The van der Waals surface area contributed by atoms with Crippen LogP contribution in [0.2, 0.25) is 0 Å². The number of nitrogens with one attached hydrogen (secondary N) is 1. The minimum absolute atomic E-state index is 0.762. The number of imidazole rings is 2. The lowest BCUT2D eigenvalue weighted by Gasteiger charge is -2.14. The summed E-state index contributed by atoms with van der Waals surface area (Å²) in [5.74, 6) is 2.04. The predicted octanol–water partition coefficient (Wildman–Crippen LogP) is 3.08. The second kappa shape index (κ2) is 5.52. The number of para-hydroxylation sites is 4. The van der Waals surface area contributed by atoms with E-state index in [0.29, 0.717) is 0 Å². The summed E-state index contributed by atoms with van der Waals surface area (Å²) >= 11 is 0. The van der Waals surface area contributed by atoms with Crippen LogP contribution in [0.4, 0.5) is 0 Å². The van der Waals surface area contributed by atoms with Crippen LogP contribution in [0.5, 0.6) is 0 Å². The average molecular weight is 305 g/mol. The number of aryl methyl sites for hydroxylation is 1. The van der Waals surface area contributed by atoms with Crippen LogP contribution < -0.4 is 0 Å². The van der Waals surface area contributed by atoms with Crippen LogP contribution in [0.15, 0.2) is 48.5 Å². The Kier molecular flexibility index (Phi) is 3.35. The van der Waals surface area contributed by atoms with Crippen molar-refractivity contribution in [2.24, 2.45) is 7.05 Å². The maximum Gasteiger partial charge on any atom is 0.123 e. The van der Waals surface area contributed by atoms with Crippen molar-refractivity contribution in [1.29, 1.82) is 0 Å². The fourth-order valence-electron chi connectivity index (χ4n) is 2.97. The molecule has 0 bridgehead atoms. The molecule has 5 nitrogen and oxygen atoms in total. The number of aromatic amines is 1. The lowest BCUT2D eigenvalue weighted by atomic mass is 10.3. The number of nitrogens with zero attached hydrogens (tertiary/aromatic N) is 4. The molecule has 4 rings (SSSR count). The summed E-state index contributed by atoms with van der Waals surface area (Å²) in [7, 11) is 4.16. The largest absolute Gasteiger partial charge is 0.341 e. The molecule has 0 aliphatic heterocycles.